The van der Waals surface area contributed by atoms with Gasteiger partial charge in [-0.3, -0.25) is 4.79 Å². The topological polar surface area (TPSA) is 46.3 Å². The van der Waals surface area contributed by atoms with Crippen molar-refractivity contribution < 1.29 is 4.79 Å². The van der Waals surface area contributed by atoms with Crippen molar-refractivity contribution in [2.75, 3.05) is 18.6 Å². The molecule has 21 heavy (non-hydrogen) atoms. The Morgan fingerprint density at radius 3 is 2.86 bits per heavy atom. The normalized spacial score (nSPS) is 23.3. The summed E-state index contributed by atoms with van der Waals surface area (Å²) in [5.74, 6) is 1.50. The van der Waals surface area contributed by atoms with E-state index in [0.717, 1.165) is 25.1 Å². The number of benzene rings is 1. The molecule has 116 valence electrons. The Labute approximate surface area is 132 Å². The maximum Gasteiger partial charge on any atom is 0.239 e. The highest BCUT2D eigenvalue weighted by molar-refractivity contribution is 7.98. The number of rotatable bonds is 5. The van der Waals surface area contributed by atoms with Crippen LogP contribution in [0.5, 0.6) is 0 Å². The van der Waals surface area contributed by atoms with Crippen LogP contribution in [0.15, 0.2) is 24.3 Å². The number of likely N-dealkylation sites (tertiary alicyclic amines) is 1. The van der Waals surface area contributed by atoms with Gasteiger partial charge in [-0.1, -0.05) is 24.3 Å². The molecule has 1 aliphatic rings. The maximum absolute atomic E-state index is 12.5. The van der Waals surface area contributed by atoms with Crippen LogP contribution in [0.1, 0.15) is 36.8 Å². The number of hydrogen-bond acceptors (Lipinski definition) is 3. The number of aryl methyl sites for hydroxylation is 1. The summed E-state index contributed by atoms with van der Waals surface area (Å²) in [5.41, 5.74) is 8.74. The first-order valence-electron chi connectivity index (χ1n) is 7.65. The lowest BCUT2D eigenvalue weighted by Crippen LogP contribution is -2.45. The molecule has 0 bridgehead atoms. The van der Waals surface area contributed by atoms with E-state index in [-0.39, 0.29) is 18.0 Å². The molecule has 0 aromatic heterocycles. The van der Waals surface area contributed by atoms with E-state index in [0.29, 0.717) is 5.92 Å². The fraction of sp³-hybridized carbons (Fsp3) is 0.588. The lowest BCUT2D eigenvalue weighted by atomic mass is 9.93. The first kappa shape index (κ1) is 16.4. The fourth-order valence-electron chi connectivity index (χ4n) is 3.19. The number of carbonyl (C=O) groups excluding carboxylic acids is 1. The zero-order valence-electron chi connectivity index (χ0n) is 13.2. The van der Waals surface area contributed by atoms with E-state index in [2.05, 4.69) is 38.1 Å². The minimum atomic E-state index is -0.351. The predicted octanol–water partition coefficient (Wildman–Crippen LogP) is 2.78. The molecule has 0 radical (unpaired) electrons. The molecule has 2 N–H and O–H groups in total. The second-order valence-electron chi connectivity index (χ2n) is 6.02. The molecule has 3 atom stereocenters. The molecular formula is C17H26N2OS. The number of amides is 1. The monoisotopic (exact) mass is 306 g/mol. The molecule has 4 heteroatoms. The largest absolute Gasteiger partial charge is 0.338 e. The van der Waals surface area contributed by atoms with Gasteiger partial charge in [0.05, 0.1) is 6.04 Å². The van der Waals surface area contributed by atoms with Crippen LogP contribution in [-0.4, -0.2) is 41.4 Å². The molecule has 1 aliphatic heterocycles. The standard InChI is InChI=1S/C17H26N2OS/c1-12-6-4-5-7-15(12)14-10-13(2)19(11-14)17(20)16(18)8-9-21-3/h4-7,13-14,16H,8-11,18H2,1-3H3/t13-,14-,16-/m0/s1. The highest BCUT2D eigenvalue weighted by Crippen LogP contribution is 2.33. The van der Waals surface area contributed by atoms with Crippen molar-refractivity contribution in [3.8, 4) is 0 Å². The molecule has 2 rings (SSSR count). The molecule has 1 heterocycles. The van der Waals surface area contributed by atoms with Crippen LogP contribution in [0.25, 0.3) is 0 Å². The number of nitrogens with two attached hydrogens (primary N) is 1. The average Bonchev–Trinajstić information content (AvgIpc) is 2.86. The highest BCUT2D eigenvalue weighted by atomic mass is 32.2. The third-order valence-corrected chi connectivity index (χ3v) is 5.08. The van der Waals surface area contributed by atoms with Crippen molar-refractivity contribution in [1.82, 2.24) is 4.90 Å². The van der Waals surface area contributed by atoms with Crippen LogP contribution in [0.3, 0.4) is 0 Å². The maximum atomic E-state index is 12.5. The Kier molecular flexibility index (Phi) is 5.71. The van der Waals surface area contributed by atoms with Crippen LogP contribution in [0.2, 0.25) is 0 Å². The van der Waals surface area contributed by atoms with E-state index < -0.39 is 0 Å². The Bertz CT molecular complexity index is 491. The van der Waals surface area contributed by atoms with Crippen molar-refractivity contribution in [3.05, 3.63) is 35.4 Å². The molecule has 1 fully saturated rings. The van der Waals surface area contributed by atoms with E-state index >= 15 is 0 Å². The van der Waals surface area contributed by atoms with Crippen molar-refractivity contribution in [3.63, 3.8) is 0 Å². The van der Waals surface area contributed by atoms with E-state index in [1.165, 1.54) is 11.1 Å². The van der Waals surface area contributed by atoms with Crippen LogP contribution in [0, 0.1) is 6.92 Å². The zero-order chi connectivity index (χ0) is 15.4. The van der Waals surface area contributed by atoms with Gasteiger partial charge in [0.25, 0.3) is 0 Å². The lowest BCUT2D eigenvalue weighted by Gasteiger charge is -2.25. The average molecular weight is 306 g/mol. The Balaban J connectivity index is 2.04. The molecule has 3 nitrogen and oxygen atoms in total. The second kappa shape index (κ2) is 7.32. The number of nitrogens with zero attached hydrogens (tertiary/aromatic N) is 1. The van der Waals surface area contributed by atoms with Crippen LogP contribution >= 0.6 is 11.8 Å². The van der Waals surface area contributed by atoms with Gasteiger partial charge >= 0.3 is 0 Å². The Hall–Kier alpha value is -1.00. The van der Waals surface area contributed by atoms with Gasteiger partial charge in [0.1, 0.15) is 0 Å². The highest BCUT2D eigenvalue weighted by Gasteiger charge is 2.35. The van der Waals surface area contributed by atoms with Gasteiger partial charge in [-0.2, -0.15) is 11.8 Å². The number of thioether (sulfide) groups is 1. The molecule has 0 aliphatic carbocycles. The molecule has 1 aromatic carbocycles. The van der Waals surface area contributed by atoms with Crippen molar-refractivity contribution >= 4 is 17.7 Å². The molecule has 1 saturated heterocycles. The smallest absolute Gasteiger partial charge is 0.239 e. The van der Waals surface area contributed by atoms with Gasteiger partial charge in [-0.25, -0.2) is 0 Å². The first-order chi connectivity index (χ1) is 10.0. The quantitative estimate of drug-likeness (QED) is 0.910. The summed E-state index contributed by atoms with van der Waals surface area (Å²) in [4.78, 5) is 14.5. The second-order valence-corrected chi connectivity index (χ2v) is 7.00. The summed E-state index contributed by atoms with van der Waals surface area (Å²) in [5, 5.41) is 0. The summed E-state index contributed by atoms with van der Waals surface area (Å²) in [6.07, 6.45) is 3.84. The van der Waals surface area contributed by atoms with Gasteiger partial charge in [0.15, 0.2) is 0 Å². The molecule has 0 saturated carbocycles. The third kappa shape index (κ3) is 3.80. The molecule has 1 amide bonds. The molecule has 0 unspecified atom stereocenters. The van der Waals surface area contributed by atoms with E-state index in [4.69, 9.17) is 5.73 Å². The van der Waals surface area contributed by atoms with Crippen LogP contribution in [0.4, 0.5) is 0 Å². The number of carbonyl (C=O) groups is 1. The van der Waals surface area contributed by atoms with Crippen LogP contribution < -0.4 is 5.73 Å². The third-order valence-electron chi connectivity index (χ3n) is 4.44. The van der Waals surface area contributed by atoms with Gasteiger partial charge in [-0.15, -0.1) is 0 Å². The van der Waals surface area contributed by atoms with Crippen molar-refractivity contribution in [1.29, 1.82) is 0 Å². The molecular weight excluding hydrogens is 280 g/mol. The van der Waals surface area contributed by atoms with E-state index in [9.17, 15) is 4.79 Å². The Morgan fingerprint density at radius 1 is 1.48 bits per heavy atom. The summed E-state index contributed by atoms with van der Waals surface area (Å²) < 4.78 is 0. The van der Waals surface area contributed by atoms with Crippen LogP contribution in [-0.2, 0) is 4.79 Å². The summed E-state index contributed by atoms with van der Waals surface area (Å²) >= 11 is 1.74. The summed E-state index contributed by atoms with van der Waals surface area (Å²) in [6.45, 7) is 5.09. The van der Waals surface area contributed by atoms with E-state index in [1.807, 2.05) is 11.2 Å². The minimum absolute atomic E-state index is 0.118. The van der Waals surface area contributed by atoms with Crippen molar-refractivity contribution in [2.24, 2.45) is 5.73 Å². The molecule has 0 spiro atoms. The van der Waals surface area contributed by atoms with Gasteiger partial charge in [0, 0.05) is 18.5 Å². The summed E-state index contributed by atoms with van der Waals surface area (Å²) in [7, 11) is 0. The fourth-order valence-corrected chi connectivity index (χ4v) is 3.68. The lowest BCUT2D eigenvalue weighted by molar-refractivity contribution is -0.133. The number of hydrogen-bond donors (Lipinski definition) is 1. The zero-order valence-corrected chi connectivity index (χ0v) is 14.0. The molecule has 1 aromatic rings. The SMILES string of the molecule is CSCC[C@H](N)C(=O)N1C[C@@H](c2ccccc2C)C[C@@H]1C. The Morgan fingerprint density at radius 2 is 2.19 bits per heavy atom. The minimum Gasteiger partial charge on any atom is -0.338 e. The van der Waals surface area contributed by atoms with Gasteiger partial charge in [0.2, 0.25) is 5.91 Å². The predicted molar refractivity (Wildman–Crippen MR) is 90.7 cm³/mol. The van der Waals surface area contributed by atoms with E-state index in [1.54, 1.807) is 11.8 Å². The first-order valence-corrected chi connectivity index (χ1v) is 9.04. The van der Waals surface area contributed by atoms with Gasteiger partial charge < -0.3 is 10.6 Å². The summed E-state index contributed by atoms with van der Waals surface area (Å²) in [6, 6.07) is 8.42. The van der Waals surface area contributed by atoms with Crippen molar-refractivity contribution in [2.45, 2.75) is 44.7 Å². The van der Waals surface area contributed by atoms with Gasteiger partial charge in [-0.05, 0) is 49.8 Å².